The van der Waals surface area contributed by atoms with Crippen molar-refractivity contribution in [2.75, 3.05) is 20.3 Å². The van der Waals surface area contributed by atoms with Crippen LogP contribution in [0.25, 0.3) is 0 Å². The Balaban J connectivity index is 2.30. The molecule has 1 aliphatic rings. The molecule has 1 aromatic carbocycles. The van der Waals surface area contributed by atoms with E-state index in [9.17, 15) is 8.42 Å². The van der Waals surface area contributed by atoms with Crippen molar-refractivity contribution in [3.05, 3.63) is 28.2 Å². The SMILES string of the molecule is COCCN(C1CC1)S(=O)(=O)c1ccc(Br)c(C)c1. The number of aryl methyl sites for hydroxylation is 1. The maximum Gasteiger partial charge on any atom is 0.243 e. The number of halogens is 1. The molecule has 0 aliphatic heterocycles. The van der Waals surface area contributed by atoms with Crippen LogP contribution in [-0.2, 0) is 14.8 Å². The second kappa shape index (κ2) is 5.91. The van der Waals surface area contributed by atoms with Crippen LogP contribution in [-0.4, -0.2) is 39.0 Å². The fourth-order valence-electron chi connectivity index (χ4n) is 1.96. The van der Waals surface area contributed by atoms with E-state index in [1.165, 1.54) is 0 Å². The molecule has 0 unspecified atom stereocenters. The molecule has 19 heavy (non-hydrogen) atoms. The molecule has 1 saturated carbocycles. The highest BCUT2D eigenvalue weighted by atomic mass is 79.9. The Morgan fingerprint density at radius 3 is 2.63 bits per heavy atom. The van der Waals surface area contributed by atoms with Crippen LogP contribution in [0.3, 0.4) is 0 Å². The number of rotatable bonds is 6. The zero-order valence-corrected chi connectivity index (χ0v) is 13.5. The number of ether oxygens (including phenoxy) is 1. The van der Waals surface area contributed by atoms with Crippen molar-refractivity contribution in [3.63, 3.8) is 0 Å². The van der Waals surface area contributed by atoms with E-state index < -0.39 is 10.0 Å². The van der Waals surface area contributed by atoms with Gasteiger partial charge < -0.3 is 4.74 Å². The van der Waals surface area contributed by atoms with Crippen molar-refractivity contribution >= 4 is 26.0 Å². The average molecular weight is 348 g/mol. The Hall–Kier alpha value is -0.430. The van der Waals surface area contributed by atoms with Crippen LogP contribution in [0.1, 0.15) is 18.4 Å². The van der Waals surface area contributed by atoms with Crippen LogP contribution >= 0.6 is 15.9 Å². The first-order chi connectivity index (χ1) is 8.96. The molecule has 4 nitrogen and oxygen atoms in total. The highest BCUT2D eigenvalue weighted by Gasteiger charge is 2.37. The summed E-state index contributed by atoms with van der Waals surface area (Å²) in [4.78, 5) is 0.358. The van der Waals surface area contributed by atoms with Gasteiger partial charge in [-0.2, -0.15) is 4.31 Å². The molecule has 0 heterocycles. The van der Waals surface area contributed by atoms with Crippen LogP contribution in [0.15, 0.2) is 27.6 Å². The number of methoxy groups -OCH3 is 1. The van der Waals surface area contributed by atoms with E-state index in [1.54, 1.807) is 29.6 Å². The molecule has 106 valence electrons. The summed E-state index contributed by atoms with van der Waals surface area (Å²) in [5.41, 5.74) is 0.920. The summed E-state index contributed by atoms with van der Waals surface area (Å²) in [5.74, 6) is 0. The minimum Gasteiger partial charge on any atom is -0.383 e. The second-order valence-electron chi connectivity index (χ2n) is 4.75. The first kappa shape index (κ1) is 15.0. The molecule has 2 rings (SSSR count). The molecule has 0 saturated heterocycles. The van der Waals surface area contributed by atoms with Gasteiger partial charge in [-0.15, -0.1) is 0 Å². The molecular weight excluding hydrogens is 330 g/mol. The number of nitrogens with zero attached hydrogens (tertiary/aromatic N) is 1. The third-order valence-corrected chi connectivity index (χ3v) is 6.04. The number of sulfonamides is 1. The van der Waals surface area contributed by atoms with Gasteiger partial charge in [-0.25, -0.2) is 8.42 Å². The average Bonchev–Trinajstić information content (AvgIpc) is 3.17. The lowest BCUT2D eigenvalue weighted by atomic mass is 10.2. The molecule has 1 aliphatic carbocycles. The Labute approximate surface area is 122 Å². The van der Waals surface area contributed by atoms with Crippen molar-refractivity contribution in [1.29, 1.82) is 0 Å². The van der Waals surface area contributed by atoms with Crippen molar-refractivity contribution in [2.24, 2.45) is 0 Å². The molecular formula is C13H18BrNO3S. The third kappa shape index (κ3) is 3.37. The Kier molecular flexibility index (Phi) is 4.66. The predicted molar refractivity (Wildman–Crippen MR) is 77.7 cm³/mol. The van der Waals surface area contributed by atoms with Crippen LogP contribution < -0.4 is 0 Å². The molecule has 0 N–H and O–H groups in total. The summed E-state index contributed by atoms with van der Waals surface area (Å²) in [6, 6.07) is 5.28. The van der Waals surface area contributed by atoms with E-state index in [1.807, 2.05) is 6.92 Å². The quantitative estimate of drug-likeness (QED) is 0.794. The molecule has 0 amide bonds. The van der Waals surface area contributed by atoms with Crippen LogP contribution in [0.4, 0.5) is 0 Å². The predicted octanol–water partition coefficient (Wildman–Crippen LogP) is 2.56. The van der Waals surface area contributed by atoms with E-state index in [0.717, 1.165) is 22.9 Å². The van der Waals surface area contributed by atoms with Crippen molar-refractivity contribution in [1.82, 2.24) is 4.31 Å². The number of hydrogen-bond acceptors (Lipinski definition) is 3. The standard InChI is InChI=1S/C13H18BrNO3S/c1-10-9-12(5-6-13(10)14)19(16,17)15(7-8-18-2)11-3-4-11/h5-6,9,11H,3-4,7-8H2,1-2H3. The van der Waals surface area contributed by atoms with E-state index in [4.69, 9.17) is 4.74 Å². The van der Waals surface area contributed by atoms with Gasteiger partial charge in [0.2, 0.25) is 10.0 Å². The summed E-state index contributed by atoms with van der Waals surface area (Å²) in [5, 5.41) is 0. The van der Waals surface area contributed by atoms with Gasteiger partial charge in [0, 0.05) is 24.2 Å². The normalized spacial score (nSPS) is 16.0. The Morgan fingerprint density at radius 1 is 1.42 bits per heavy atom. The summed E-state index contributed by atoms with van der Waals surface area (Å²) < 4.78 is 32.8. The smallest absolute Gasteiger partial charge is 0.243 e. The first-order valence-corrected chi connectivity index (χ1v) is 8.47. The fraction of sp³-hybridized carbons (Fsp3) is 0.538. The number of benzene rings is 1. The minimum absolute atomic E-state index is 0.143. The topological polar surface area (TPSA) is 46.6 Å². The molecule has 1 aromatic rings. The molecule has 0 radical (unpaired) electrons. The zero-order chi connectivity index (χ0) is 14.0. The maximum atomic E-state index is 12.6. The monoisotopic (exact) mass is 347 g/mol. The molecule has 0 spiro atoms. The minimum atomic E-state index is -3.42. The van der Waals surface area contributed by atoms with Crippen LogP contribution in [0.2, 0.25) is 0 Å². The molecule has 1 fully saturated rings. The first-order valence-electron chi connectivity index (χ1n) is 6.23. The van der Waals surface area contributed by atoms with Gasteiger partial charge in [0.1, 0.15) is 0 Å². The third-order valence-electron chi connectivity index (χ3n) is 3.21. The lowest BCUT2D eigenvalue weighted by Crippen LogP contribution is -2.35. The van der Waals surface area contributed by atoms with Crippen molar-refractivity contribution in [2.45, 2.75) is 30.7 Å². The van der Waals surface area contributed by atoms with E-state index in [-0.39, 0.29) is 6.04 Å². The fourth-order valence-corrected chi connectivity index (χ4v) is 3.96. The molecule has 0 aromatic heterocycles. The van der Waals surface area contributed by atoms with Gasteiger partial charge in [-0.05, 0) is 43.5 Å². The van der Waals surface area contributed by atoms with Gasteiger partial charge in [-0.3, -0.25) is 0 Å². The van der Waals surface area contributed by atoms with Gasteiger partial charge >= 0.3 is 0 Å². The molecule has 0 bridgehead atoms. The summed E-state index contributed by atoms with van der Waals surface area (Å²) in [6.45, 7) is 2.73. The zero-order valence-electron chi connectivity index (χ0n) is 11.1. The van der Waals surface area contributed by atoms with Gasteiger partial charge in [0.15, 0.2) is 0 Å². The Morgan fingerprint density at radius 2 is 2.11 bits per heavy atom. The lowest BCUT2D eigenvalue weighted by molar-refractivity contribution is 0.177. The van der Waals surface area contributed by atoms with Crippen LogP contribution in [0.5, 0.6) is 0 Å². The van der Waals surface area contributed by atoms with Gasteiger partial charge in [-0.1, -0.05) is 15.9 Å². The molecule has 6 heteroatoms. The number of hydrogen-bond donors (Lipinski definition) is 0. The lowest BCUT2D eigenvalue weighted by Gasteiger charge is -2.21. The van der Waals surface area contributed by atoms with Crippen LogP contribution in [0, 0.1) is 6.92 Å². The highest BCUT2D eigenvalue weighted by molar-refractivity contribution is 9.10. The van der Waals surface area contributed by atoms with E-state index in [0.29, 0.717) is 18.0 Å². The van der Waals surface area contributed by atoms with E-state index >= 15 is 0 Å². The molecule has 0 atom stereocenters. The van der Waals surface area contributed by atoms with Crippen molar-refractivity contribution < 1.29 is 13.2 Å². The largest absolute Gasteiger partial charge is 0.383 e. The van der Waals surface area contributed by atoms with Gasteiger partial charge in [0.05, 0.1) is 11.5 Å². The van der Waals surface area contributed by atoms with Gasteiger partial charge in [0.25, 0.3) is 0 Å². The second-order valence-corrected chi connectivity index (χ2v) is 7.50. The van der Waals surface area contributed by atoms with E-state index in [2.05, 4.69) is 15.9 Å². The summed E-state index contributed by atoms with van der Waals surface area (Å²) >= 11 is 3.39. The highest BCUT2D eigenvalue weighted by Crippen LogP contribution is 2.32. The summed E-state index contributed by atoms with van der Waals surface area (Å²) in [6.07, 6.45) is 1.89. The maximum absolute atomic E-state index is 12.6. The Bertz CT molecular complexity index is 555. The van der Waals surface area contributed by atoms with Crippen molar-refractivity contribution in [3.8, 4) is 0 Å². The summed E-state index contributed by atoms with van der Waals surface area (Å²) in [7, 11) is -1.83.